The highest BCUT2D eigenvalue weighted by Crippen LogP contribution is 2.27. The lowest BCUT2D eigenvalue weighted by Crippen LogP contribution is -2.10. The highest BCUT2D eigenvalue weighted by molar-refractivity contribution is 7.94. The lowest BCUT2D eigenvalue weighted by atomic mass is 10.3. The van der Waals surface area contributed by atoms with Crippen LogP contribution >= 0.6 is 11.3 Å². The minimum atomic E-state index is -3.53. The Morgan fingerprint density at radius 3 is 2.79 bits per heavy atom. The van der Waals surface area contributed by atoms with Crippen LogP contribution in [0.15, 0.2) is 22.7 Å². The molecule has 2 rings (SSSR count). The maximum atomic E-state index is 12.2. The van der Waals surface area contributed by atoms with Crippen molar-refractivity contribution < 1.29 is 8.42 Å². The van der Waals surface area contributed by atoms with Gasteiger partial charge in [-0.3, -0.25) is 9.40 Å². The molecule has 0 radical (unpaired) electrons. The third-order valence-corrected chi connectivity index (χ3v) is 5.65. The number of aryl methyl sites for hydroxylation is 2. The van der Waals surface area contributed by atoms with Crippen LogP contribution in [0, 0.1) is 6.92 Å². The Morgan fingerprint density at radius 2 is 2.21 bits per heavy atom. The quantitative estimate of drug-likeness (QED) is 0.873. The van der Waals surface area contributed by atoms with Crippen LogP contribution in [-0.2, 0) is 23.6 Å². The van der Waals surface area contributed by atoms with Crippen molar-refractivity contribution in [3.05, 3.63) is 28.9 Å². The second-order valence-electron chi connectivity index (χ2n) is 4.21. The van der Waals surface area contributed by atoms with Crippen LogP contribution in [0.25, 0.3) is 0 Å². The SMILES string of the molecule is CNCc1sc(S(=O)(=O)Nc2cnn(C)c2)cc1C. The number of sulfonamides is 1. The number of rotatable bonds is 5. The summed E-state index contributed by atoms with van der Waals surface area (Å²) in [6.07, 6.45) is 3.10. The molecule has 8 heteroatoms. The Hall–Kier alpha value is -1.38. The second kappa shape index (κ2) is 5.32. The van der Waals surface area contributed by atoms with Crippen LogP contribution in [-0.4, -0.2) is 25.2 Å². The van der Waals surface area contributed by atoms with Gasteiger partial charge in [-0.1, -0.05) is 0 Å². The van der Waals surface area contributed by atoms with Crippen LogP contribution in [0.4, 0.5) is 5.69 Å². The molecule has 6 nitrogen and oxygen atoms in total. The summed E-state index contributed by atoms with van der Waals surface area (Å²) in [6.45, 7) is 2.57. The summed E-state index contributed by atoms with van der Waals surface area (Å²) in [5, 5.41) is 6.95. The molecular formula is C11H16N4O2S2. The standard InChI is InChI=1S/C11H16N4O2S2/c1-8-4-11(18-10(8)6-12-2)19(16,17)14-9-5-13-15(3)7-9/h4-5,7,12,14H,6H2,1-3H3. The van der Waals surface area contributed by atoms with Crippen molar-refractivity contribution in [3.63, 3.8) is 0 Å². The first kappa shape index (κ1) is 14.0. The van der Waals surface area contributed by atoms with Crippen molar-refractivity contribution in [2.75, 3.05) is 11.8 Å². The summed E-state index contributed by atoms with van der Waals surface area (Å²) in [5.74, 6) is 0. The van der Waals surface area contributed by atoms with Crippen LogP contribution in [0.5, 0.6) is 0 Å². The minimum Gasteiger partial charge on any atom is -0.315 e. The smallest absolute Gasteiger partial charge is 0.271 e. The molecule has 0 aromatic carbocycles. The van der Waals surface area contributed by atoms with Gasteiger partial charge in [-0.25, -0.2) is 8.42 Å². The summed E-state index contributed by atoms with van der Waals surface area (Å²) in [4.78, 5) is 1.02. The Morgan fingerprint density at radius 1 is 1.47 bits per heavy atom. The Kier molecular flexibility index (Phi) is 3.93. The summed E-state index contributed by atoms with van der Waals surface area (Å²) in [7, 11) is 0.0362. The number of nitrogens with zero attached hydrogens (tertiary/aromatic N) is 2. The molecule has 0 aliphatic carbocycles. The topological polar surface area (TPSA) is 76.0 Å². The molecule has 0 aliphatic rings. The van der Waals surface area contributed by atoms with E-state index in [1.165, 1.54) is 17.5 Å². The molecule has 2 aromatic rings. The van der Waals surface area contributed by atoms with E-state index in [4.69, 9.17) is 0 Å². The van der Waals surface area contributed by atoms with E-state index < -0.39 is 10.0 Å². The number of hydrogen-bond donors (Lipinski definition) is 2. The fourth-order valence-corrected chi connectivity index (χ4v) is 4.27. The van der Waals surface area contributed by atoms with Crippen LogP contribution in [0.3, 0.4) is 0 Å². The fourth-order valence-electron chi connectivity index (χ4n) is 1.64. The van der Waals surface area contributed by atoms with Gasteiger partial charge in [0.25, 0.3) is 10.0 Å². The van der Waals surface area contributed by atoms with Crippen molar-refractivity contribution >= 4 is 27.0 Å². The van der Waals surface area contributed by atoms with E-state index in [0.717, 1.165) is 10.4 Å². The molecule has 0 spiro atoms. The second-order valence-corrected chi connectivity index (χ2v) is 7.26. The van der Waals surface area contributed by atoms with Gasteiger partial charge >= 0.3 is 0 Å². The largest absolute Gasteiger partial charge is 0.315 e. The summed E-state index contributed by atoms with van der Waals surface area (Å²) in [5.41, 5.74) is 1.44. The molecule has 0 bridgehead atoms. The van der Waals surface area contributed by atoms with E-state index in [2.05, 4.69) is 15.1 Å². The Bertz CT molecular complexity index is 673. The zero-order valence-electron chi connectivity index (χ0n) is 11.0. The maximum Gasteiger partial charge on any atom is 0.271 e. The lowest BCUT2D eigenvalue weighted by Gasteiger charge is -2.02. The zero-order valence-corrected chi connectivity index (χ0v) is 12.6. The van der Waals surface area contributed by atoms with E-state index in [1.807, 2.05) is 14.0 Å². The number of aromatic nitrogens is 2. The van der Waals surface area contributed by atoms with E-state index in [-0.39, 0.29) is 0 Å². The van der Waals surface area contributed by atoms with E-state index in [1.54, 1.807) is 24.0 Å². The van der Waals surface area contributed by atoms with E-state index in [9.17, 15) is 8.42 Å². The zero-order chi connectivity index (χ0) is 14.0. The number of thiophene rings is 1. The highest BCUT2D eigenvalue weighted by Gasteiger charge is 2.19. The molecule has 0 aliphatic heterocycles. The third kappa shape index (κ3) is 3.14. The summed E-state index contributed by atoms with van der Waals surface area (Å²) < 4.78 is 28.8. The molecule has 0 fully saturated rings. The van der Waals surface area contributed by atoms with Crippen LogP contribution < -0.4 is 10.0 Å². The Balaban J connectivity index is 2.26. The van der Waals surface area contributed by atoms with Crippen LogP contribution in [0.1, 0.15) is 10.4 Å². The molecule has 0 atom stereocenters. The predicted octanol–water partition coefficient (Wildman–Crippen LogP) is 1.31. The molecule has 2 N–H and O–H groups in total. The average Bonchev–Trinajstić information content (AvgIpc) is 2.87. The number of anilines is 1. The maximum absolute atomic E-state index is 12.2. The normalized spacial score (nSPS) is 11.7. The van der Waals surface area contributed by atoms with Gasteiger partial charge in [0, 0.05) is 24.7 Å². The molecule has 104 valence electrons. The van der Waals surface area contributed by atoms with Gasteiger partial charge in [0.05, 0.1) is 11.9 Å². The minimum absolute atomic E-state index is 0.319. The average molecular weight is 300 g/mol. The Labute approximate surface area is 116 Å². The van der Waals surface area contributed by atoms with Crippen molar-refractivity contribution in [2.24, 2.45) is 7.05 Å². The molecule has 0 saturated carbocycles. The van der Waals surface area contributed by atoms with Gasteiger partial charge in [-0.2, -0.15) is 5.10 Å². The molecule has 0 unspecified atom stereocenters. The van der Waals surface area contributed by atoms with Crippen molar-refractivity contribution in [2.45, 2.75) is 17.7 Å². The molecule has 19 heavy (non-hydrogen) atoms. The van der Waals surface area contributed by atoms with Crippen molar-refractivity contribution in [1.82, 2.24) is 15.1 Å². The molecule has 0 saturated heterocycles. The highest BCUT2D eigenvalue weighted by atomic mass is 32.2. The fraction of sp³-hybridized carbons (Fsp3) is 0.364. The monoisotopic (exact) mass is 300 g/mol. The van der Waals surface area contributed by atoms with Crippen molar-refractivity contribution in [1.29, 1.82) is 0 Å². The molecule has 2 aromatic heterocycles. The van der Waals surface area contributed by atoms with Gasteiger partial charge in [0.2, 0.25) is 0 Å². The molecule has 2 heterocycles. The first-order valence-corrected chi connectivity index (χ1v) is 7.97. The summed E-state index contributed by atoms with van der Waals surface area (Å²) >= 11 is 1.28. The number of hydrogen-bond acceptors (Lipinski definition) is 5. The van der Waals surface area contributed by atoms with E-state index >= 15 is 0 Å². The lowest BCUT2D eigenvalue weighted by molar-refractivity contribution is 0.603. The van der Waals surface area contributed by atoms with Crippen LogP contribution in [0.2, 0.25) is 0 Å². The first-order chi connectivity index (χ1) is 8.92. The van der Waals surface area contributed by atoms with Gasteiger partial charge in [0.1, 0.15) is 4.21 Å². The predicted molar refractivity (Wildman–Crippen MR) is 75.8 cm³/mol. The van der Waals surface area contributed by atoms with Gasteiger partial charge in [0.15, 0.2) is 0 Å². The summed E-state index contributed by atoms with van der Waals surface area (Å²) in [6, 6.07) is 1.69. The van der Waals surface area contributed by atoms with Gasteiger partial charge < -0.3 is 5.32 Å². The molecule has 0 amide bonds. The van der Waals surface area contributed by atoms with Gasteiger partial charge in [-0.05, 0) is 25.6 Å². The number of nitrogens with one attached hydrogen (secondary N) is 2. The van der Waals surface area contributed by atoms with Crippen molar-refractivity contribution in [3.8, 4) is 0 Å². The third-order valence-electron chi connectivity index (χ3n) is 2.56. The molecular weight excluding hydrogens is 284 g/mol. The first-order valence-electron chi connectivity index (χ1n) is 5.68. The van der Waals surface area contributed by atoms with Gasteiger partial charge in [-0.15, -0.1) is 11.3 Å². The van der Waals surface area contributed by atoms with E-state index in [0.29, 0.717) is 16.4 Å².